The van der Waals surface area contributed by atoms with Crippen LogP contribution in [0.4, 0.5) is 4.79 Å². The van der Waals surface area contributed by atoms with Crippen LogP contribution in [0.2, 0.25) is 10.0 Å². The van der Waals surface area contributed by atoms with Crippen molar-refractivity contribution in [2.75, 3.05) is 47.3 Å². The van der Waals surface area contributed by atoms with Gasteiger partial charge in [-0.05, 0) is 50.3 Å². The number of benzene rings is 2. The Balaban J connectivity index is 1.78. The molecule has 0 radical (unpaired) electrons. The number of carbonyl (C=O) groups excluding carboxylic acids is 2. The zero-order chi connectivity index (χ0) is 25.4. The van der Waals surface area contributed by atoms with E-state index in [-0.39, 0.29) is 18.5 Å². The van der Waals surface area contributed by atoms with Gasteiger partial charge in [0.15, 0.2) is 0 Å². The Hall–Kier alpha value is -2.36. The van der Waals surface area contributed by atoms with Crippen LogP contribution >= 0.6 is 23.2 Å². The van der Waals surface area contributed by atoms with Gasteiger partial charge < -0.3 is 15.5 Å². The second-order valence-electron chi connectivity index (χ2n) is 8.77. The number of carbonyl (C=O) groups is 2. The van der Waals surface area contributed by atoms with E-state index in [4.69, 9.17) is 23.2 Å². The summed E-state index contributed by atoms with van der Waals surface area (Å²) in [6.45, 7) is 2.95. The van der Waals surface area contributed by atoms with Crippen LogP contribution in [-0.2, 0) is 17.9 Å². The van der Waals surface area contributed by atoms with Crippen LogP contribution in [0, 0.1) is 0 Å². The van der Waals surface area contributed by atoms with Crippen LogP contribution in [0.15, 0.2) is 48.5 Å². The summed E-state index contributed by atoms with van der Waals surface area (Å²) in [6.07, 6.45) is 0.333. The molecule has 3 rings (SSSR count). The average Bonchev–Trinajstić information content (AvgIpc) is 2.82. The molecule has 0 bridgehead atoms. The highest BCUT2D eigenvalue weighted by molar-refractivity contribution is 6.42. The Morgan fingerprint density at radius 2 is 1.86 bits per heavy atom. The Labute approximate surface area is 217 Å². The van der Waals surface area contributed by atoms with Crippen LogP contribution in [0.5, 0.6) is 0 Å². The molecule has 2 N–H and O–H groups in total. The summed E-state index contributed by atoms with van der Waals surface area (Å²) in [5, 5.41) is 10.5. The lowest BCUT2D eigenvalue weighted by Gasteiger charge is -2.49. The number of rotatable bonds is 10. The maximum atomic E-state index is 13.4. The van der Waals surface area contributed by atoms with Gasteiger partial charge in [-0.15, -0.1) is 0 Å². The lowest BCUT2D eigenvalue weighted by molar-refractivity contribution is -0.164. The van der Waals surface area contributed by atoms with E-state index in [2.05, 4.69) is 15.5 Å². The molecule has 10 heteroatoms. The fourth-order valence-corrected chi connectivity index (χ4v) is 4.52. The zero-order valence-corrected chi connectivity index (χ0v) is 22.0. The minimum atomic E-state index is -0.457. The number of hydrogen-bond acceptors (Lipinski definition) is 5. The normalized spacial score (nSPS) is 16.7. The van der Waals surface area contributed by atoms with E-state index >= 15 is 0 Å². The van der Waals surface area contributed by atoms with Crippen molar-refractivity contribution in [2.45, 2.75) is 25.7 Å². The third kappa shape index (κ3) is 7.56. The Morgan fingerprint density at radius 1 is 1.11 bits per heavy atom. The van der Waals surface area contributed by atoms with Gasteiger partial charge in [0.05, 0.1) is 16.6 Å². The maximum absolute atomic E-state index is 13.4. The number of likely N-dealkylation sites (N-methyl/N-ethyl adjacent to an activating group) is 2. The second-order valence-corrected chi connectivity index (χ2v) is 9.59. The molecule has 1 atom stereocenters. The minimum absolute atomic E-state index is 0.00338. The number of urea groups is 1. The highest BCUT2D eigenvalue weighted by Gasteiger charge is 2.40. The molecular weight excluding hydrogens is 487 g/mol. The Morgan fingerprint density at radius 3 is 2.54 bits per heavy atom. The lowest BCUT2D eigenvalue weighted by Crippen LogP contribution is -2.69. The first kappa shape index (κ1) is 27.2. The van der Waals surface area contributed by atoms with Gasteiger partial charge in [-0.1, -0.05) is 59.6 Å². The molecule has 0 aromatic heterocycles. The maximum Gasteiger partial charge on any atom is 0.334 e. The monoisotopic (exact) mass is 520 g/mol. The van der Waals surface area contributed by atoms with Crippen molar-refractivity contribution in [3.63, 3.8) is 0 Å². The predicted molar refractivity (Wildman–Crippen MR) is 140 cm³/mol. The molecular formula is C25H34Cl2N6O2. The van der Waals surface area contributed by atoms with Crippen molar-refractivity contribution in [1.29, 1.82) is 0 Å². The first-order valence-electron chi connectivity index (χ1n) is 11.7. The molecule has 0 aliphatic carbocycles. The van der Waals surface area contributed by atoms with E-state index in [1.54, 1.807) is 23.1 Å². The quantitative estimate of drug-likeness (QED) is 0.470. The first-order valence-corrected chi connectivity index (χ1v) is 12.4. The summed E-state index contributed by atoms with van der Waals surface area (Å²) in [4.78, 5) is 30.3. The molecule has 1 aliphatic rings. The Bertz CT molecular complexity index is 993. The van der Waals surface area contributed by atoms with Crippen molar-refractivity contribution in [2.24, 2.45) is 0 Å². The van der Waals surface area contributed by atoms with Gasteiger partial charge in [-0.3, -0.25) is 9.69 Å². The van der Waals surface area contributed by atoms with Crippen molar-refractivity contribution < 1.29 is 9.59 Å². The summed E-state index contributed by atoms with van der Waals surface area (Å²) < 4.78 is 0. The van der Waals surface area contributed by atoms with Crippen LogP contribution in [-0.4, -0.2) is 85.2 Å². The number of halogens is 2. The van der Waals surface area contributed by atoms with E-state index in [0.717, 1.165) is 24.1 Å². The van der Waals surface area contributed by atoms with E-state index in [0.29, 0.717) is 36.2 Å². The fraction of sp³-hybridized carbons (Fsp3) is 0.440. The van der Waals surface area contributed by atoms with E-state index < -0.39 is 6.17 Å². The number of nitrogens with one attached hydrogen (secondary N) is 2. The summed E-state index contributed by atoms with van der Waals surface area (Å²) >= 11 is 12.3. The smallest absolute Gasteiger partial charge is 0.333 e. The highest BCUT2D eigenvalue weighted by Crippen LogP contribution is 2.24. The molecule has 2 aromatic carbocycles. The van der Waals surface area contributed by atoms with Gasteiger partial charge in [0.25, 0.3) is 0 Å². The molecule has 190 valence electrons. The molecule has 1 unspecified atom stereocenters. The summed E-state index contributed by atoms with van der Waals surface area (Å²) in [5.74, 6) is 0.00338. The van der Waals surface area contributed by atoms with Crippen molar-refractivity contribution >= 4 is 35.1 Å². The topological polar surface area (TPSA) is 71.2 Å². The standard InChI is InChI=1S/C25H34Cl2N6O2/c1-28-12-7-13-32-23(17-30(2)16-20-10-11-21(26)22(27)14-20)33(31(3)18-24(32)34)25(35)29-15-19-8-5-4-6-9-19/h4-6,8-11,14,23,28H,7,12-13,15-18H2,1-3H3,(H,29,35). The number of nitrogens with zero attached hydrogens (tertiary/aromatic N) is 4. The fourth-order valence-electron chi connectivity index (χ4n) is 4.20. The molecule has 0 saturated carbocycles. The van der Waals surface area contributed by atoms with Crippen LogP contribution in [0.1, 0.15) is 17.5 Å². The summed E-state index contributed by atoms with van der Waals surface area (Å²) in [7, 11) is 5.63. The number of hydrazine groups is 1. The number of hydrogen-bond donors (Lipinski definition) is 2. The first-order chi connectivity index (χ1) is 16.8. The molecule has 1 saturated heterocycles. The molecule has 1 fully saturated rings. The van der Waals surface area contributed by atoms with Gasteiger partial charge in [0.1, 0.15) is 6.17 Å². The zero-order valence-electron chi connectivity index (χ0n) is 20.5. The molecule has 0 spiro atoms. The molecule has 1 heterocycles. The molecule has 1 aliphatic heterocycles. The van der Waals surface area contributed by atoms with Crippen LogP contribution in [0.25, 0.3) is 0 Å². The van der Waals surface area contributed by atoms with Gasteiger partial charge in [0, 0.05) is 33.2 Å². The molecule has 3 amide bonds. The second kappa shape index (κ2) is 13.1. The van der Waals surface area contributed by atoms with Gasteiger partial charge >= 0.3 is 6.03 Å². The van der Waals surface area contributed by atoms with Gasteiger partial charge in [-0.25, -0.2) is 14.8 Å². The minimum Gasteiger partial charge on any atom is -0.333 e. The molecule has 8 nitrogen and oxygen atoms in total. The Kier molecular flexibility index (Phi) is 10.2. The van der Waals surface area contributed by atoms with Crippen LogP contribution < -0.4 is 10.6 Å². The van der Waals surface area contributed by atoms with E-state index in [9.17, 15) is 9.59 Å². The SMILES string of the molecule is CNCCCN1C(=O)CN(C)N(C(=O)NCc2ccccc2)C1CN(C)Cc1ccc(Cl)c(Cl)c1. The van der Waals surface area contributed by atoms with Gasteiger partial charge in [-0.2, -0.15) is 0 Å². The van der Waals surface area contributed by atoms with E-state index in [1.807, 2.05) is 61.5 Å². The lowest BCUT2D eigenvalue weighted by atomic mass is 10.2. The predicted octanol–water partition coefficient (Wildman–Crippen LogP) is 3.26. The van der Waals surface area contributed by atoms with Crippen LogP contribution in [0.3, 0.4) is 0 Å². The van der Waals surface area contributed by atoms with Crippen molar-refractivity contribution in [3.05, 3.63) is 69.7 Å². The third-order valence-corrected chi connectivity index (χ3v) is 6.67. The molecule has 2 aromatic rings. The average molecular weight is 521 g/mol. The molecule has 35 heavy (non-hydrogen) atoms. The number of amides is 3. The van der Waals surface area contributed by atoms with Crippen molar-refractivity contribution in [1.82, 2.24) is 30.5 Å². The summed E-state index contributed by atoms with van der Waals surface area (Å²) in [5.41, 5.74) is 2.01. The van der Waals surface area contributed by atoms with E-state index in [1.165, 1.54) is 0 Å². The summed E-state index contributed by atoms with van der Waals surface area (Å²) in [6, 6.07) is 15.1. The highest BCUT2D eigenvalue weighted by atomic mass is 35.5. The largest absolute Gasteiger partial charge is 0.334 e. The third-order valence-electron chi connectivity index (χ3n) is 5.93. The van der Waals surface area contributed by atoms with Gasteiger partial charge in [0.2, 0.25) is 5.91 Å². The van der Waals surface area contributed by atoms with Crippen molar-refractivity contribution in [3.8, 4) is 0 Å².